The van der Waals surface area contributed by atoms with Crippen molar-refractivity contribution in [2.24, 2.45) is 5.92 Å². The molecule has 3 heteroatoms. The van der Waals surface area contributed by atoms with Crippen LogP contribution in [0.3, 0.4) is 0 Å². The van der Waals surface area contributed by atoms with Crippen LogP contribution in [-0.4, -0.2) is 9.50 Å². The zero-order chi connectivity index (χ0) is 5.86. The van der Waals surface area contributed by atoms with Crippen LogP contribution in [0.1, 0.15) is 13.8 Å². The molecule has 0 bridgehead atoms. The summed E-state index contributed by atoms with van der Waals surface area (Å²) in [5.74, 6) is 0.707. The first-order valence-corrected chi connectivity index (χ1v) is 3.64. The van der Waals surface area contributed by atoms with Crippen LogP contribution in [0.25, 0.3) is 0 Å². The molecule has 0 heterocycles. The fourth-order valence-corrected chi connectivity index (χ4v) is 1.43. The molecule has 0 aromatic heterocycles. The summed E-state index contributed by atoms with van der Waals surface area (Å²) in [7, 11) is 0. The van der Waals surface area contributed by atoms with E-state index in [9.17, 15) is 0 Å². The number of rotatable bonds is 2. The van der Waals surface area contributed by atoms with Crippen LogP contribution >= 0.6 is 32.3 Å². The van der Waals surface area contributed by atoms with E-state index in [-0.39, 0.29) is 0 Å². The van der Waals surface area contributed by atoms with E-state index in [4.69, 9.17) is 0 Å². The van der Waals surface area contributed by atoms with Gasteiger partial charge in [0.25, 0.3) is 0 Å². The Kier molecular flexibility index (Phi) is 4.37. The Hall–Kier alpha value is 0.920. The fraction of sp³-hybridized carbons (Fsp3) is 1.00. The predicted octanol–water partition coefficient (Wildman–Crippen LogP) is 2.56. The minimum atomic E-state index is 0.707. The molecule has 0 aromatic rings. The molecule has 0 amide bonds. The Balaban J connectivity index is 2.95. The molecule has 0 aliphatic rings. The zero-order valence-corrected chi connectivity index (χ0v) is 7.66. The average Bonchev–Trinajstić information content (AvgIpc) is 1.27. The van der Waals surface area contributed by atoms with Crippen molar-refractivity contribution < 1.29 is 0 Å². The van der Waals surface area contributed by atoms with Crippen molar-refractivity contribution >= 4 is 32.3 Å². The molecule has 0 rings (SSSR count). The first-order chi connectivity index (χ1) is 3.13. The van der Waals surface area contributed by atoms with E-state index >= 15 is 0 Å². The standard InChI is InChI=1S/C4H9Br2N/c1-4(2)3-7(5)6/h4H,3H2,1-2H3. The lowest BCUT2D eigenvalue weighted by atomic mass is 10.2. The van der Waals surface area contributed by atoms with Gasteiger partial charge in [0.15, 0.2) is 0 Å². The van der Waals surface area contributed by atoms with Crippen molar-refractivity contribution in [3.63, 3.8) is 0 Å². The van der Waals surface area contributed by atoms with Gasteiger partial charge in [0.2, 0.25) is 0 Å². The molecule has 0 aliphatic heterocycles. The highest BCUT2D eigenvalue weighted by molar-refractivity contribution is 9.21. The Labute approximate surface area is 61.7 Å². The average molecular weight is 231 g/mol. The zero-order valence-electron chi connectivity index (χ0n) is 4.49. The third-order valence-corrected chi connectivity index (χ3v) is 1.08. The monoisotopic (exact) mass is 229 g/mol. The molecular weight excluding hydrogens is 222 g/mol. The molecule has 7 heavy (non-hydrogen) atoms. The van der Waals surface area contributed by atoms with Crippen molar-refractivity contribution in [3.05, 3.63) is 0 Å². The van der Waals surface area contributed by atoms with Crippen LogP contribution < -0.4 is 0 Å². The summed E-state index contributed by atoms with van der Waals surface area (Å²) in [6, 6.07) is 0. The van der Waals surface area contributed by atoms with Crippen LogP contribution in [0, 0.1) is 5.92 Å². The summed E-state index contributed by atoms with van der Waals surface area (Å²) < 4.78 is 1.82. The summed E-state index contributed by atoms with van der Waals surface area (Å²) in [6.45, 7) is 5.35. The van der Waals surface area contributed by atoms with Crippen molar-refractivity contribution in [3.8, 4) is 0 Å². The minimum Gasteiger partial charge on any atom is -0.177 e. The van der Waals surface area contributed by atoms with Gasteiger partial charge in [0.1, 0.15) is 0 Å². The molecule has 44 valence electrons. The summed E-state index contributed by atoms with van der Waals surface area (Å²) >= 11 is 6.45. The van der Waals surface area contributed by atoms with Gasteiger partial charge in [0.05, 0.1) is 0 Å². The van der Waals surface area contributed by atoms with E-state index in [1.54, 1.807) is 0 Å². The van der Waals surface area contributed by atoms with E-state index < -0.39 is 0 Å². The predicted molar refractivity (Wildman–Crippen MR) is 39.4 cm³/mol. The highest BCUT2D eigenvalue weighted by atomic mass is 79.9. The summed E-state index contributed by atoms with van der Waals surface area (Å²) in [5.41, 5.74) is 0. The van der Waals surface area contributed by atoms with Gasteiger partial charge in [0, 0.05) is 38.8 Å². The molecule has 0 unspecified atom stereocenters. The van der Waals surface area contributed by atoms with Gasteiger partial charge in [-0.3, -0.25) is 0 Å². The van der Waals surface area contributed by atoms with Gasteiger partial charge < -0.3 is 0 Å². The second-order valence-corrected chi connectivity index (χ2v) is 4.54. The molecule has 0 aromatic carbocycles. The third-order valence-electron chi connectivity index (χ3n) is 0.503. The van der Waals surface area contributed by atoms with Crippen LogP contribution in [0.15, 0.2) is 0 Å². The molecule has 0 atom stereocenters. The smallest absolute Gasteiger partial charge is 0.0239 e. The lowest BCUT2D eigenvalue weighted by molar-refractivity contribution is 0.572. The van der Waals surface area contributed by atoms with Crippen molar-refractivity contribution in [2.75, 3.05) is 6.54 Å². The van der Waals surface area contributed by atoms with Crippen molar-refractivity contribution in [1.29, 1.82) is 0 Å². The second-order valence-electron chi connectivity index (χ2n) is 1.88. The Morgan fingerprint density at radius 2 is 1.86 bits per heavy atom. The second kappa shape index (κ2) is 3.87. The largest absolute Gasteiger partial charge is 0.177 e. The van der Waals surface area contributed by atoms with Gasteiger partial charge in [-0.15, -0.1) is 0 Å². The number of halogens is 2. The molecular formula is C4H9Br2N. The summed E-state index contributed by atoms with van der Waals surface area (Å²) in [5, 5.41) is 0. The third kappa shape index (κ3) is 6.92. The number of hydrogen-bond donors (Lipinski definition) is 0. The first kappa shape index (κ1) is 7.92. The van der Waals surface area contributed by atoms with E-state index in [1.807, 2.05) is 2.95 Å². The topological polar surface area (TPSA) is 3.24 Å². The van der Waals surface area contributed by atoms with Gasteiger partial charge in [-0.2, -0.15) is 2.95 Å². The van der Waals surface area contributed by atoms with Gasteiger partial charge >= 0.3 is 0 Å². The first-order valence-electron chi connectivity index (χ1n) is 2.22. The van der Waals surface area contributed by atoms with Crippen LogP contribution in [0.4, 0.5) is 0 Å². The normalized spacial score (nSPS) is 11.1. The maximum absolute atomic E-state index is 3.22. The van der Waals surface area contributed by atoms with Crippen molar-refractivity contribution in [2.45, 2.75) is 13.8 Å². The molecule has 0 radical (unpaired) electrons. The molecule has 0 saturated carbocycles. The lowest BCUT2D eigenvalue weighted by Crippen LogP contribution is -2.05. The molecule has 0 aliphatic carbocycles. The van der Waals surface area contributed by atoms with Crippen LogP contribution in [0.5, 0.6) is 0 Å². The maximum Gasteiger partial charge on any atom is 0.0239 e. The van der Waals surface area contributed by atoms with Crippen LogP contribution in [0.2, 0.25) is 0 Å². The van der Waals surface area contributed by atoms with E-state index in [0.29, 0.717) is 5.92 Å². The van der Waals surface area contributed by atoms with Gasteiger partial charge in [-0.1, -0.05) is 13.8 Å². The van der Waals surface area contributed by atoms with Crippen molar-refractivity contribution in [1.82, 2.24) is 2.95 Å². The van der Waals surface area contributed by atoms with Gasteiger partial charge in [-0.05, 0) is 5.92 Å². The fourth-order valence-electron chi connectivity index (χ4n) is 0.276. The highest BCUT2D eigenvalue weighted by Gasteiger charge is 1.95. The van der Waals surface area contributed by atoms with Crippen LogP contribution in [-0.2, 0) is 0 Å². The lowest BCUT2D eigenvalue weighted by Gasteiger charge is -2.05. The quantitative estimate of drug-likeness (QED) is 0.660. The maximum atomic E-state index is 3.22. The minimum absolute atomic E-state index is 0.707. The van der Waals surface area contributed by atoms with E-state index in [2.05, 4.69) is 46.1 Å². The summed E-state index contributed by atoms with van der Waals surface area (Å²) in [6.07, 6.45) is 0. The molecule has 1 nitrogen and oxygen atoms in total. The van der Waals surface area contributed by atoms with E-state index in [1.165, 1.54) is 0 Å². The Morgan fingerprint density at radius 3 is 1.86 bits per heavy atom. The SMILES string of the molecule is CC(C)CN(Br)Br. The van der Waals surface area contributed by atoms with E-state index in [0.717, 1.165) is 6.54 Å². The molecule has 0 saturated heterocycles. The summed E-state index contributed by atoms with van der Waals surface area (Å²) in [4.78, 5) is 0. The Bertz CT molecular complexity index is 39.0. The Morgan fingerprint density at radius 1 is 1.43 bits per heavy atom. The van der Waals surface area contributed by atoms with Gasteiger partial charge in [-0.25, -0.2) is 0 Å². The molecule has 0 fully saturated rings. The highest BCUT2D eigenvalue weighted by Crippen LogP contribution is 2.08. The number of hydrogen-bond acceptors (Lipinski definition) is 1. The molecule has 0 N–H and O–H groups in total. The molecule has 0 spiro atoms. The number of nitrogens with zero attached hydrogens (tertiary/aromatic N) is 1.